The van der Waals surface area contributed by atoms with Gasteiger partial charge in [0.05, 0.1) is 0 Å². The van der Waals surface area contributed by atoms with Gasteiger partial charge in [-0.15, -0.1) is 0 Å². The van der Waals surface area contributed by atoms with Crippen molar-refractivity contribution in [3.05, 3.63) is 11.1 Å². The quantitative estimate of drug-likeness (QED) is 0.514. The lowest BCUT2D eigenvalue weighted by atomic mass is 10.2. The number of likely N-dealkylation sites (tertiary alicyclic amines) is 1. The molecule has 1 aliphatic heterocycles. The first kappa shape index (κ1) is 7.61. The molecule has 0 aromatic carbocycles. The molecule has 2 aliphatic rings. The Kier molecular flexibility index (Phi) is 1.58. The summed E-state index contributed by atoms with van der Waals surface area (Å²) < 4.78 is 0. The molecule has 0 saturated carbocycles. The fourth-order valence-corrected chi connectivity index (χ4v) is 2.00. The number of hydrogen-bond acceptors (Lipinski definition) is 2. The van der Waals surface area contributed by atoms with Gasteiger partial charge < -0.3 is 15.7 Å². The second-order valence-electron chi connectivity index (χ2n) is 3.51. The number of amides is 1. The Labute approximate surface area is 70.6 Å². The van der Waals surface area contributed by atoms with Gasteiger partial charge in [0.2, 0.25) is 0 Å². The van der Waals surface area contributed by atoms with Gasteiger partial charge in [0.25, 0.3) is 0 Å². The molecule has 0 saturated heterocycles. The van der Waals surface area contributed by atoms with Gasteiger partial charge in [0.1, 0.15) is 0 Å². The van der Waals surface area contributed by atoms with Crippen molar-refractivity contribution < 1.29 is 9.90 Å². The van der Waals surface area contributed by atoms with Gasteiger partial charge in [-0.2, -0.15) is 0 Å². The van der Waals surface area contributed by atoms with Crippen LogP contribution < -0.4 is 5.73 Å². The molecule has 0 radical (unpaired) electrons. The largest absolute Gasteiger partial charge is 0.465 e. The van der Waals surface area contributed by atoms with Crippen LogP contribution in [0.4, 0.5) is 4.79 Å². The standard InChI is InChI=1S/C8H12N2O2/c9-7-1-5-3-10(8(11)12)4-6(5)2-7/h7H,1-4,9H2,(H,11,12). The van der Waals surface area contributed by atoms with Crippen molar-refractivity contribution >= 4 is 6.09 Å². The van der Waals surface area contributed by atoms with E-state index in [1.54, 1.807) is 0 Å². The van der Waals surface area contributed by atoms with E-state index in [1.807, 2.05) is 0 Å². The third kappa shape index (κ3) is 1.08. The van der Waals surface area contributed by atoms with Crippen LogP contribution in [-0.2, 0) is 0 Å². The first-order valence-electron chi connectivity index (χ1n) is 4.10. The zero-order valence-electron chi connectivity index (χ0n) is 6.79. The van der Waals surface area contributed by atoms with E-state index >= 15 is 0 Å². The molecular formula is C8H12N2O2. The maximum absolute atomic E-state index is 10.6. The molecule has 0 unspecified atom stereocenters. The summed E-state index contributed by atoms with van der Waals surface area (Å²) in [5.41, 5.74) is 8.25. The van der Waals surface area contributed by atoms with E-state index in [9.17, 15) is 4.79 Å². The molecule has 1 aliphatic carbocycles. The minimum atomic E-state index is -0.821. The summed E-state index contributed by atoms with van der Waals surface area (Å²) in [5.74, 6) is 0. The summed E-state index contributed by atoms with van der Waals surface area (Å²) in [5, 5.41) is 8.70. The predicted octanol–water partition coefficient (Wildman–Crippen LogP) is 0.398. The molecule has 0 bridgehead atoms. The van der Waals surface area contributed by atoms with Crippen molar-refractivity contribution in [3.63, 3.8) is 0 Å². The van der Waals surface area contributed by atoms with Gasteiger partial charge in [-0.3, -0.25) is 0 Å². The molecule has 1 amide bonds. The maximum Gasteiger partial charge on any atom is 0.407 e. The normalized spacial score (nSPS) is 23.6. The highest BCUT2D eigenvalue weighted by Crippen LogP contribution is 2.31. The van der Waals surface area contributed by atoms with E-state index in [0.717, 1.165) is 12.8 Å². The van der Waals surface area contributed by atoms with Crippen molar-refractivity contribution in [2.45, 2.75) is 18.9 Å². The summed E-state index contributed by atoms with van der Waals surface area (Å²) >= 11 is 0. The van der Waals surface area contributed by atoms with E-state index in [0.29, 0.717) is 13.1 Å². The third-order valence-electron chi connectivity index (χ3n) is 2.55. The van der Waals surface area contributed by atoms with Crippen molar-refractivity contribution in [3.8, 4) is 0 Å². The predicted molar refractivity (Wildman–Crippen MR) is 43.8 cm³/mol. The minimum Gasteiger partial charge on any atom is -0.465 e. The molecule has 0 fully saturated rings. The Morgan fingerprint density at radius 2 is 1.92 bits per heavy atom. The number of carbonyl (C=O) groups is 1. The van der Waals surface area contributed by atoms with Crippen LogP contribution in [0.5, 0.6) is 0 Å². The fourth-order valence-electron chi connectivity index (χ4n) is 2.00. The Bertz CT molecular complexity index is 242. The number of rotatable bonds is 0. The summed E-state index contributed by atoms with van der Waals surface area (Å²) in [4.78, 5) is 12.0. The first-order valence-corrected chi connectivity index (χ1v) is 4.10. The van der Waals surface area contributed by atoms with Crippen LogP contribution in [0.3, 0.4) is 0 Å². The number of carboxylic acid groups (broad SMARTS) is 1. The molecule has 0 aromatic heterocycles. The molecule has 4 nitrogen and oxygen atoms in total. The number of nitrogens with two attached hydrogens (primary N) is 1. The highest BCUT2D eigenvalue weighted by Gasteiger charge is 2.31. The van der Waals surface area contributed by atoms with Crippen molar-refractivity contribution in [1.29, 1.82) is 0 Å². The summed E-state index contributed by atoms with van der Waals surface area (Å²) in [6.07, 6.45) is 0.955. The van der Waals surface area contributed by atoms with Gasteiger partial charge >= 0.3 is 6.09 Å². The Hall–Kier alpha value is -1.03. The minimum absolute atomic E-state index is 0.242. The molecule has 66 valence electrons. The van der Waals surface area contributed by atoms with Crippen molar-refractivity contribution in [1.82, 2.24) is 4.90 Å². The summed E-state index contributed by atoms with van der Waals surface area (Å²) in [6, 6.07) is 0.242. The van der Waals surface area contributed by atoms with Crippen LogP contribution in [0, 0.1) is 0 Å². The second-order valence-corrected chi connectivity index (χ2v) is 3.51. The van der Waals surface area contributed by atoms with Gasteiger partial charge in [0, 0.05) is 19.1 Å². The first-order chi connectivity index (χ1) is 5.66. The van der Waals surface area contributed by atoms with E-state index in [1.165, 1.54) is 16.0 Å². The zero-order valence-corrected chi connectivity index (χ0v) is 6.79. The summed E-state index contributed by atoms with van der Waals surface area (Å²) in [7, 11) is 0. The monoisotopic (exact) mass is 168 g/mol. The van der Waals surface area contributed by atoms with Crippen molar-refractivity contribution in [2.75, 3.05) is 13.1 Å². The van der Waals surface area contributed by atoms with Crippen LogP contribution in [-0.4, -0.2) is 35.2 Å². The van der Waals surface area contributed by atoms with Gasteiger partial charge in [-0.1, -0.05) is 0 Å². The Morgan fingerprint density at radius 3 is 2.33 bits per heavy atom. The second kappa shape index (κ2) is 2.48. The van der Waals surface area contributed by atoms with E-state index in [-0.39, 0.29) is 6.04 Å². The summed E-state index contributed by atoms with van der Waals surface area (Å²) in [6.45, 7) is 1.16. The van der Waals surface area contributed by atoms with Gasteiger partial charge in [0.15, 0.2) is 0 Å². The Morgan fingerprint density at radius 1 is 1.42 bits per heavy atom. The van der Waals surface area contributed by atoms with E-state index in [2.05, 4.69) is 0 Å². The lowest BCUT2D eigenvalue weighted by molar-refractivity contribution is 0.155. The molecule has 0 spiro atoms. The van der Waals surface area contributed by atoms with Crippen LogP contribution in [0.2, 0.25) is 0 Å². The lowest BCUT2D eigenvalue weighted by Crippen LogP contribution is -2.30. The molecule has 0 atom stereocenters. The van der Waals surface area contributed by atoms with Crippen LogP contribution in [0.1, 0.15) is 12.8 Å². The van der Waals surface area contributed by atoms with Crippen LogP contribution in [0.25, 0.3) is 0 Å². The van der Waals surface area contributed by atoms with E-state index in [4.69, 9.17) is 10.8 Å². The topological polar surface area (TPSA) is 66.6 Å². The number of hydrogen-bond donors (Lipinski definition) is 2. The number of nitrogens with zero attached hydrogens (tertiary/aromatic N) is 1. The molecule has 0 aromatic rings. The highest BCUT2D eigenvalue weighted by molar-refractivity contribution is 5.67. The SMILES string of the molecule is NC1CC2=C(C1)CN(C(=O)O)C2. The average Bonchev–Trinajstić information content (AvgIpc) is 2.42. The highest BCUT2D eigenvalue weighted by atomic mass is 16.4. The maximum atomic E-state index is 10.6. The van der Waals surface area contributed by atoms with Gasteiger partial charge in [-0.25, -0.2) is 4.79 Å². The molecule has 2 rings (SSSR count). The van der Waals surface area contributed by atoms with Crippen molar-refractivity contribution in [2.24, 2.45) is 5.73 Å². The average molecular weight is 168 g/mol. The van der Waals surface area contributed by atoms with Gasteiger partial charge in [-0.05, 0) is 24.0 Å². The molecule has 4 heteroatoms. The van der Waals surface area contributed by atoms with Crippen LogP contribution >= 0.6 is 0 Å². The zero-order chi connectivity index (χ0) is 8.72. The lowest BCUT2D eigenvalue weighted by Gasteiger charge is -2.14. The molecular weight excluding hydrogens is 156 g/mol. The molecule has 12 heavy (non-hydrogen) atoms. The fraction of sp³-hybridized carbons (Fsp3) is 0.625. The smallest absolute Gasteiger partial charge is 0.407 e. The van der Waals surface area contributed by atoms with Crippen LogP contribution in [0.15, 0.2) is 11.1 Å². The third-order valence-corrected chi connectivity index (χ3v) is 2.55. The molecule has 3 N–H and O–H groups in total. The van der Waals surface area contributed by atoms with E-state index < -0.39 is 6.09 Å². The Balaban J connectivity index is 2.03. The molecule has 1 heterocycles.